The summed E-state index contributed by atoms with van der Waals surface area (Å²) in [6.07, 6.45) is 9.76. The number of ether oxygens (including phenoxy) is 2. The van der Waals surface area contributed by atoms with Crippen LogP contribution in [0.25, 0.3) is 5.57 Å². The summed E-state index contributed by atoms with van der Waals surface area (Å²) in [5, 5.41) is 11.9. The molecule has 1 N–H and O–H groups in total. The number of piperidine rings is 1. The highest BCUT2D eigenvalue weighted by Gasteiger charge is 2.33. The number of pyridine rings is 1. The molecule has 3 aliphatic rings. The number of hydrogen-bond acceptors (Lipinski definition) is 5. The predicted octanol–water partition coefficient (Wildman–Crippen LogP) is 6.63. The van der Waals surface area contributed by atoms with Crippen LogP contribution in [0.4, 0.5) is 0 Å². The van der Waals surface area contributed by atoms with Crippen LogP contribution in [-0.2, 0) is 12.0 Å². The van der Waals surface area contributed by atoms with E-state index in [-0.39, 0.29) is 0 Å². The van der Waals surface area contributed by atoms with Gasteiger partial charge in [0.2, 0.25) is 5.88 Å². The van der Waals surface area contributed by atoms with E-state index in [4.69, 9.17) is 21.1 Å². The number of fused-ring (bicyclic) bond motifs is 2. The number of aliphatic hydroxyl groups is 1. The zero-order valence-corrected chi connectivity index (χ0v) is 21.8. The molecule has 0 spiro atoms. The fourth-order valence-electron chi connectivity index (χ4n) is 5.35. The Kier molecular flexibility index (Phi) is 6.94. The third-order valence-corrected chi connectivity index (χ3v) is 8.11. The fraction of sp³-hybridized carbons (Fsp3) is 0.387. The summed E-state index contributed by atoms with van der Waals surface area (Å²) in [6, 6.07) is 17.7. The van der Waals surface area contributed by atoms with Gasteiger partial charge in [0.1, 0.15) is 11.5 Å². The maximum absolute atomic E-state index is 11.2. The largest absolute Gasteiger partial charge is 0.493 e. The minimum atomic E-state index is -0.774. The van der Waals surface area contributed by atoms with Crippen molar-refractivity contribution in [3.05, 3.63) is 88.6 Å². The fourth-order valence-corrected chi connectivity index (χ4v) is 5.47. The number of aromatic nitrogens is 1. The SMILES string of the molecule is OC1(c2ccc(Cl)cc2)CCN(CCC=C2Cc3c(OCC4CC4)cccc3Oc3ncccc32)CC1. The van der Waals surface area contributed by atoms with Crippen molar-refractivity contribution >= 4 is 17.2 Å². The molecule has 1 aliphatic carbocycles. The lowest BCUT2D eigenvalue weighted by Gasteiger charge is -2.38. The van der Waals surface area contributed by atoms with Gasteiger partial charge >= 0.3 is 0 Å². The van der Waals surface area contributed by atoms with Gasteiger partial charge in [0.15, 0.2) is 0 Å². The maximum Gasteiger partial charge on any atom is 0.226 e. The lowest BCUT2D eigenvalue weighted by molar-refractivity contribution is -0.0254. The first-order valence-electron chi connectivity index (χ1n) is 13.4. The van der Waals surface area contributed by atoms with Crippen molar-refractivity contribution in [2.24, 2.45) is 5.92 Å². The van der Waals surface area contributed by atoms with Gasteiger partial charge in [-0.15, -0.1) is 0 Å². The van der Waals surface area contributed by atoms with Gasteiger partial charge in [-0.3, -0.25) is 0 Å². The Morgan fingerprint density at radius 3 is 2.68 bits per heavy atom. The Morgan fingerprint density at radius 1 is 1.08 bits per heavy atom. The number of halogens is 1. The first kappa shape index (κ1) is 24.5. The van der Waals surface area contributed by atoms with Gasteiger partial charge in [-0.2, -0.15) is 0 Å². The number of hydrogen-bond donors (Lipinski definition) is 1. The number of allylic oxidation sites excluding steroid dienone is 1. The number of likely N-dealkylation sites (tertiary alicyclic amines) is 1. The smallest absolute Gasteiger partial charge is 0.226 e. The van der Waals surface area contributed by atoms with Gasteiger partial charge in [-0.25, -0.2) is 4.98 Å². The molecule has 1 aromatic heterocycles. The Morgan fingerprint density at radius 2 is 1.89 bits per heavy atom. The molecule has 0 amide bonds. The monoisotopic (exact) mass is 516 g/mol. The van der Waals surface area contributed by atoms with Crippen molar-refractivity contribution < 1.29 is 14.6 Å². The minimum absolute atomic E-state index is 0.651. The Balaban J connectivity index is 1.15. The third kappa shape index (κ3) is 5.54. The summed E-state index contributed by atoms with van der Waals surface area (Å²) < 4.78 is 12.5. The molecule has 3 aromatic rings. The molecule has 0 unspecified atom stereocenters. The van der Waals surface area contributed by atoms with E-state index < -0.39 is 5.60 Å². The van der Waals surface area contributed by atoms with Gasteiger partial charge in [0.05, 0.1) is 12.2 Å². The van der Waals surface area contributed by atoms with Gasteiger partial charge < -0.3 is 19.5 Å². The lowest BCUT2D eigenvalue weighted by atomic mass is 9.84. The quantitative estimate of drug-likeness (QED) is 0.382. The second-order valence-corrected chi connectivity index (χ2v) is 11.0. The van der Waals surface area contributed by atoms with Crippen molar-refractivity contribution in [2.75, 3.05) is 26.2 Å². The number of rotatable bonds is 7. The molecule has 2 fully saturated rings. The Hall–Kier alpha value is -2.86. The molecule has 0 radical (unpaired) electrons. The molecule has 5 nitrogen and oxygen atoms in total. The molecule has 37 heavy (non-hydrogen) atoms. The molecule has 0 atom stereocenters. The topological polar surface area (TPSA) is 54.8 Å². The van der Waals surface area contributed by atoms with E-state index in [0.717, 1.165) is 80.1 Å². The van der Waals surface area contributed by atoms with E-state index in [1.54, 1.807) is 6.20 Å². The Bertz CT molecular complexity index is 1280. The zero-order valence-electron chi connectivity index (χ0n) is 21.0. The normalized spacial score (nSPS) is 20.0. The molecule has 1 saturated heterocycles. The van der Waals surface area contributed by atoms with Crippen LogP contribution >= 0.6 is 11.6 Å². The molecule has 3 heterocycles. The molecule has 2 aliphatic heterocycles. The summed E-state index contributed by atoms with van der Waals surface area (Å²) in [6.45, 7) is 3.46. The van der Waals surface area contributed by atoms with Crippen LogP contribution in [-0.4, -0.2) is 41.2 Å². The van der Waals surface area contributed by atoms with Crippen molar-refractivity contribution in [2.45, 2.75) is 44.1 Å². The molecule has 1 saturated carbocycles. The molecule has 2 aromatic carbocycles. The summed E-state index contributed by atoms with van der Waals surface area (Å²) in [5.74, 6) is 3.09. The van der Waals surface area contributed by atoms with Crippen molar-refractivity contribution in [1.29, 1.82) is 0 Å². The second-order valence-electron chi connectivity index (χ2n) is 10.5. The highest BCUT2D eigenvalue weighted by Crippen LogP contribution is 2.42. The predicted molar refractivity (Wildman–Crippen MR) is 146 cm³/mol. The molecule has 0 bridgehead atoms. The summed E-state index contributed by atoms with van der Waals surface area (Å²) >= 11 is 6.04. The maximum atomic E-state index is 11.2. The molecule has 6 heteroatoms. The molecule has 6 rings (SSSR count). The van der Waals surface area contributed by atoms with Crippen LogP contribution in [0.5, 0.6) is 17.4 Å². The first-order valence-corrected chi connectivity index (χ1v) is 13.7. The van der Waals surface area contributed by atoms with E-state index in [1.807, 2.05) is 42.5 Å². The number of nitrogens with zero attached hydrogens (tertiary/aromatic N) is 2. The van der Waals surface area contributed by atoms with E-state index in [1.165, 1.54) is 18.4 Å². The second kappa shape index (κ2) is 10.5. The summed E-state index contributed by atoms with van der Waals surface area (Å²) in [5.41, 5.74) is 3.54. The highest BCUT2D eigenvalue weighted by atomic mass is 35.5. The van der Waals surface area contributed by atoms with Crippen molar-refractivity contribution in [3.63, 3.8) is 0 Å². The van der Waals surface area contributed by atoms with Crippen LogP contribution in [0.1, 0.15) is 48.8 Å². The van der Waals surface area contributed by atoms with E-state index in [9.17, 15) is 5.11 Å². The third-order valence-electron chi connectivity index (χ3n) is 7.85. The van der Waals surface area contributed by atoms with Gasteiger partial charge in [0, 0.05) is 48.4 Å². The van der Waals surface area contributed by atoms with E-state index in [0.29, 0.717) is 16.8 Å². The molecular formula is C31H33ClN2O3. The van der Waals surface area contributed by atoms with Crippen LogP contribution in [0.15, 0.2) is 66.9 Å². The molecule has 192 valence electrons. The number of benzene rings is 2. The van der Waals surface area contributed by atoms with Crippen molar-refractivity contribution in [3.8, 4) is 17.4 Å². The van der Waals surface area contributed by atoms with E-state index >= 15 is 0 Å². The summed E-state index contributed by atoms with van der Waals surface area (Å²) in [4.78, 5) is 6.98. The van der Waals surface area contributed by atoms with Crippen LogP contribution in [0, 0.1) is 5.92 Å². The van der Waals surface area contributed by atoms with Crippen LogP contribution < -0.4 is 9.47 Å². The van der Waals surface area contributed by atoms with E-state index in [2.05, 4.69) is 28.1 Å². The molecular weight excluding hydrogens is 484 g/mol. The first-order chi connectivity index (χ1) is 18.1. The Labute approximate surface area is 223 Å². The standard InChI is InChI=1S/C31H33ClN2O3/c32-25-12-10-24(11-13-25)31(35)14-18-34(19-15-31)17-3-4-23-20-27-28(36-21-22-8-9-22)6-1-7-29(27)37-30-26(23)5-2-16-33-30/h1-2,4-7,10-13,16,22,35H,3,8-9,14-15,17-21H2. The van der Waals surface area contributed by atoms with Crippen molar-refractivity contribution in [1.82, 2.24) is 9.88 Å². The van der Waals surface area contributed by atoms with Crippen LogP contribution in [0.3, 0.4) is 0 Å². The van der Waals surface area contributed by atoms with Gasteiger partial charge in [-0.1, -0.05) is 35.9 Å². The van der Waals surface area contributed by atoms with Gasteiger partial charge in [0.25, 0.3) is 0 Å². The average molecular weight is 517 g/mol. The average Bonchev–Trinajstić information content (AvgIpc) is 3.75. The minimum Gasteiger partial charge on any atom is -0.493 e. The summed E-state index contributed by atoms with van der Waals surface area (Å²) in [7, 11) is 0. The van der Waals surface area contributed by atoms with Gasteiger partial charge in [-0.05, 0) is 85.6 Å². The van der Waals surface area contributed by atoms with Crippen LogP contribution in [0.2, 0.25) is 5.02 Å². The zero-order chi connectivity index (χ0) is 25.2. The lowest BCUT2D eigenvalue weighted by Crippen LogP contribution is -2.42. The highest BCUT2D eigenvalue weighted by molar-refractivity contribution is 6.30.